The van der Waals surface area contributed by atoms with Gasteiger partial charge < -0.3 is 10.1 Å². The van der Waals surface area contributed by atoms with Crippen LogP contribution in [0.15, 0.2) is 54.6 Å². The third-order valence-corrected chi connectivity index (χ3v) is 3.65. The number of hydrogen-bond donors (Lipinski definition) is 1. The van der Waals surface area contributed by atoms with Crippen molar-refractivity contribution in [3.05, 3.63) is 70.7 Å². The Morgan fingerprint density at radius 3 is 2.55 bits per heavy atom. The van der Waals surface area contributed by atoms with E-state index >= 15 is 0 Å². The molecule has 2 atom stereocenters. The second kappa shape index (κ2) is 7.97. The quantitative estimate of drug-likeness (QED) is 0.870. The molecule has 2 rings (SSSR count). The molecule has 0 unspecified atom stereocenters. The van der Waals surface area contributed by atoms with Crippen molar-refractivity contribution < 1.29 is 9.53 Å². The molecule has 116 valence electrons. The maximum atomic E-state index is 12.2. The maximum absolute atomic E-state index is 12.2. The molecule has 0 bridgehead atoms. The fourth-order valence-electron chi connectivity index (χ4n) is 2.06. The lowest BCUT2D eigenvalue weighted by Gasteiger charge is -2.18. The van der Waals surface area contributed by atoms with Crippen LogP contribution in [0.1, 0.15) is 31.0 Å². The number of carbonyl (C=O) groups excluding carboxylic acids is 1. The van der Waals surface area contributed by atoms with E-state index in [4.69, 9.17) is 16.3 Å². The van der Waals surface area contributed by atoms with E-state index in [-0.39, 0.29) is 11.9 Å². The standard InChI is InChI=1S/C18H20ClNO2/c1-13(16-9-6-10-17(19)11-16)20-18(21)14(2)22-12-15-7-4-3-5-8-15/h3-11,13-14H,12H2,1-2H3,(H,20,21)/t13-,14+/m1/s1. The smallest absolute Gasteiger partial charge is 0.249 e. The molecule has 0 radical (unpaired) electrons. The molecule has 0 aliphatic heterocycles. The average molecular weight is 318 g/mol. The van der Waals surface area contributed by atoms with Crippen molar-refractivity contribution in [3.8, 4) is 0 Å². The average Bonchev–Trinajstić information content (AvgIpc) is 2.53. The van der Waals surface area contributed by atoms with Crippen LogP contribution < -0.4 is 5.32 Å². The molecular formula is C18H20ClNO2. The molecule has 0 aliphatic rings. The lowest BCUT2D eigenvalue weighted by atomic mass is 10.1. The van der Waals surface area contributed by atoms with Crippen LogP contribution in [-0.4, -0.2) is 12.0 Å². The Kier molecular flexibility index (Phi) is 5.99. The normalized spacial score (nSPS) is 13.4. The highest BCUT2D eigenvalue weighted by Crippen LogP contribution is 2.17. The van der Waals surface area contributed by atoms with Gasteiger partial charge in [0.05, 0.1) is 12.6 Å². The molecule has 1 N–H and O–H groups in total. The number of nitrogens with one attached hydrogen (secondary N) is 1. The molecule has 1 amide bonds. The van der Waals surface area contributed by atoms with Crippen molar-refractivity contribution in [2.75, 3.05) is 0 Å². The Hall–Kier alpha value is -1.84. The molecule has 0 aromatic heterocycles. The summed E-state index contributed by atoms with van der Waals surface area (Å²) in [6.45, 7) is 4.09. The van der Waals surface area contributed by atoms with Crippen molar-refractivity contribution in [2.24, 2.45) is 0 Å². The van der Waals surface area contributed by atoms with E-state index in [1.807, 2.05) is 61.5 Å². The third kappa shape index (κ3) is 4.86. The van der Waals surface area contributed by atoms with E-state index in [0.29, 0.717) is 11.6 Å². The topological polar surface area (TPSA) is 38.3 Å². The van der Waals surface area contributed by atoms with Gasteiger partial charge in [0.15, 0.2) is 0 Å². The fourth-order valence-corrected chi connectivity index (χ4v) is 2.26. The summed E-state index contributed by atoms with van der Waals surface area (Å²) in [6, 6.07) is 17.1. The summed E-state index contributed by atoms with van der Waals surface area (Å²) in [4.78, 5) is 12.2. The van der Waals surface area contributed by atoms with Gasteiger partial charge in [-0.25, -0.2) is 0 Å². The highest BCUT2D eigenvalue weighted by Gasteiger charge is 2.16. The van der Waals surface area contributed by atoms with Gasteiger partial charge in [-0.2, -0.15) is 0 Å². The zero-order valence-electron chi connectivity index (χ0n) is 12.8. The molecule has 0 fully saturated rings. The van der Waals surface area contributed by atoms with Crippen molar-refractivity contribution in [1.82, 2.24) is 5.32 Å². The van der Waals surface area contributed by atoms with Gasteiger partial charge in [-0.3, -0.25) is 4.79 Å². The molecule has 2 aromatic carbocycles. The monoisotopic (exact) mass is 317 g/mol. The summed E-state index contributed by atoms with van der Waals surface area (Å²) in [5, 5.41) is 3.60. The Morgan fingerprint density at radius 2 is 1.86 bits per heavy atom. The summed E-state index contributed by atoms with van der Waals surface area (Å²) in [7, 11) is 0. The van der Waals surface area contributed by atoms with Crippen LogP contribution in [0, 0.1) is 0 Å². The highest BCUT2D eigenvalue weighted by molar-refractivity contribution is 6.30. The first-order valence-corrected chi connectivity index (χ1v) is 7.65. The number of halogens is 1. The second-order valence-electron chi connectivity index (χ2n) is 5.22. The van der Waals surface area contributed by atoms with Gasteiger partial charge in [-0.15, -0.1) is 0 Å². The molecule has 0 aliphatic carbocycles. The van der Waals surface area contributed by atoms with E-state index in [1.165, 1.54) is 0 Å². The first-order valence-electron chi connectivity index (χ1n) is 7.27. The number of rotatable bonds is 6. The van der Waals surface area contributed by atoms with Crippen LogP contribution in [0.25, 0.3) is 0 Å². The largest absolute Gasteiger partial charge is 0.364 e. The Balaban J connectivity index is 1.85. The summed E-state index contributed by atoms with van der Waals surface area (Å²) in [5.41, 5.74) is 2.01. The lowest BCUT2D eigenvalue weighted by molar-refractivity contribution is -0.133. The Bertz CT molecular complexity index is 615. The van der Waals surface area contributed by atoms with Crippen molar-refractivity contribution >= 4 is 17.5 Å². The van der Waals surface area contributed by atoms with Gasteiger partial charge in [0, 0.05) is 5.02 Å². The molecule has 2 aromatic rings. The predicted octanol–water partition coefficient (Wildman–Crippen LogP) is 4.12. The van der Waals surface area contributed by atoms with E-state index < -0.39 is 6.10 Å². The van der Waals surface area contributed by atoms with Crippen molar-refractivity contribution in [2.45, 2.75) is 32.6 Å². The van der Waals surface area contributed by atoms with Crippen molar-refractivity contribution in [1.29, 1.82) is 0 Å². The van der Waals surface area contributed by atoms with Gasteiger partial charge in [0.25, 0.3) is 0 Å². The van der Waals surface area contributed by atoms with Gasteiger partial charge in [-0.1, -0.05) is 54.1 Å². The van der Waals surface area contributed by atoms with Gasteiger partial charge >= 0.3 is 0 Å². The molecule has 22 heavy (non-hydrogen) atoms. The van der Waals surface area contributed by atoms with Gasteiger partial charge in [0.1, 0.15) is 6.10 Å². The minimum Gasteiger partial charge on any atom is -0.364 e. The second-order valence-corrected chi connectivity index (χ2v) is 5.66. The minimum atomic E-state index is -0.512. The molecule has 0 spiro atoms. The SMILES string of the molecule is C[C@H](OCc1ccccc1)C(=O)N[C@H](C)c1cccc(Cl)c1. The van der Waals surface area contributed by atoms with Crippen LogP contribution in [-0.2, 0) is 16.1 Å². The van der Waals surface area contributed by atoms with E-state index in [9.17, 15) is 4.79 Å². The first-order chi connectivity index (χ1) is 10.6. The Morgan fingerprint density at radius 1 is 1.14 bits per heavy atom. The maximum Gasteiger partial charge on any atom is 0.249 e. The Labute approximate surface area is 136 Å². The number of ether oxygens (including phenoxy) is 1. The number of amides is 1. The molecule has 0 heterocycles. The summed E-state index contributed by atoms with van der Waals surface area (Å²) in [6.07, 6.45) is -0.512. The number of carbonyl (C=O) groups is 1. The zero-order valence-corrected chi connectivity index (χ0v) is 13.5. The molecule has 0 saturated heterocycles. The zero-order chi connectivity index (χ0) is 15.9. The van der Waals surface area contributed by atoms with E-state index in [0.717, 1.165) is 11.1 Å². The minimum absolute atomic E-state index is 0.117. The summed E-state index contributed by atoms with van der Waals surface area (Å²) >= 11 is 5.97. The van der Waals surface area contributed by atoms with Crippen LogP contribution in [0.2, 0.25) is 5.02 Å². The van der Waals surface area contributed by atoms with E-state index in [1.54, 1.807) is 6.92 Å². The fraction of sp³-hybridized carbons (Fsp3) is 0.278. The molecule has 0 saturated carbocycles. The van der Waals surface area contributed by atoms with Crippen LogP contribution >= 0.6 is 11.6 Å². The predicted molar refractivity (Wildman–Crippen MR) is 88.7 cm³/mol. The van der Waals surface area contributed by atoms with Crippen LogP contribution in [0.5, 0.6) is 0 Å². The first kappa shape index (κ1) is 16.5. The van der Waals surface area contributed by atoms with Gasteiger partial charge in [-0.05, 0) is 37.1 Å². The highest BCUT2D eigenvalue weighted by atomic mass is 35.5. The van der Waals surface area contributed by atoms with Crippen LogP contribution in [0.3, 0.4) is 0 Å². The van der Waals surface area contributed by atoms with E-state index in [2.05, 4.69) is 5.32 Å². The van der Waals surface area contributed by atoms with Crippen LogP contribution in [0.4, 0.5) is 0 Å². The summed E-state index contributed by atoms with van der Waals surface area (Å²) in [5.74, 6) is -0.136. The number of benzene rings is 2. The molecular weight excluding hydrogens is 298 g/mol. The third-order valence-electron chi connectivity index (χ3n) is 3.42. The molecule has 4 heteroatoms. The lowest BCUT2D eigenvalue weighted by Crippen LogP contribution is -2.36. The van der Waals surface area contributed by atoms with Crippen molar-refractivity contribution in [3.63, 3.8) is 0 Å². The van der Waals surface area contributed by atoms with Gasteiger partial charge in [0.2, 0.25) is 5.91 Å². The number of hydrogen-bond acceptors (Lipinski definition) is 2. The summed E-state index contributed by atoms with van der Waals surface area (Å²) < 4.78 is 5.61. The molecule has 3 nitrogen and oxygen atoms in total.